The molecule has 2 aromatic carbocycles. The van der Waals surface area contributed by atoms with Crippen LogP contribution >= 0.6 is 11.8 Å². The summed E-state index contributed by atoms with van der Waals surface area (Å²) in [5.74, 6) is -0.124. The number of para-hydroxylation sites is 1. The topological polar surface area (TPSA) is 79.4 Å². The number of hydrogen-bond acceptors (Lipinski definition) is 5. The highest BCUT2D eigenvalue weighted by molar-refractivity contribution is 8.00. The zero-order valence-electron chi connectivity index (χ0n) is 18.7. The molecule has 1 amide bonds. The normalized spacial score (nSPS) is 16.3. The van der Waals surface area contributed by atoms with Crippen LogP contribution in [-0.4, -0.2) is 42.0 Å². The predicted molar refractivity (Wildman–Crippen MR) is 134 cm³/mol. The number of benzene rings is 2. The molecule has 0 radical (unpaired) electrons. The van der Waals surface area contributed by atoms with Crippen LogP contribution in [0.15, 0.2) is 70.6 Å². The van der Waals surface area contributed by atoms with E-state index in [4.69, 9.17) is 0 Å². The first-order chi connectivity index (χ1) is 16.0. The quantitative estimate of drug-likeness (QED) is 0.461. The number of thioether (sulfide) groups is 1. The van der Waals surface area contributed by atoms with Crippen LogP contribution < -0.4 is 5.32 Å². The summed E-state index contributed by atoms with van der Waals surface area (Å²) in [6.07, 6.45) is 4.59. The molecule has 6 nitrogen and oxygen atoms in total. The molecule has 8 heteroatoms. The van der Waals surface area contributed by atoms with Crippen molar-refractivity contribution in [2.75, 3.05) is 18.4 Å². The van der Waals surface area contributed by atoms with Gasteiger partial charge in [-0.05, 0) is 55.7 Å². The maximum Gasteiger partial charge on any atom is 0.243 e. The van der Waals surface area contributed by atoms with Crippen molar-refractivity contribution >= 4 is 44.3 Å². The lowest BCUT2D eigenvalue weighted by Crippen LogP contribution is -2.31. The minimum Gasteiger partial charge on any atom is -0.325 e. The van der Waals surface area contributed by atoms with E-state index in [2.05, 4.69) is 10.3 Å². The molecule has 1 N–H and O–H groups in total. The Morgan fingerprint density at radius 3 is 2.39 bits per heavy atom. The van der Waals surface area contributed by atoms with Gasteiger partial charge in [-0.2, -0.15) is 4.31 Å². The first kappa shape index (κ1) is 23.7. The Labute approximate surface area is 199 Å². The fraction of sp³-hybridized carbons (Fsp3) is 0.360. The maximum atomic E-state index is 13.0. The van der Waals surface area contributed by atoms with E-state index in [-0.39, 0.29) is 16.1 Å². The zero-order valence-corrected chi connectivity index (χ0v) is 20.4. The van der Waals surface area contributed by atoms with Crippen LogP contribution in [0.25, 0.3) is 10.9 Å². The van der Waals surface area contributed by atoms with E-state index in [1.165, 1.54) is 11.8 Å². The van der Waals surface area contributed by atoms with Gasteiger partial charge in [-0.3, -0.25) is 4.79 Å². The third-order valence-electron chi connectivity index (χ3n) is 5.82. The molecule has 1 unspecified atom stereocenters. The highest BCUT2D eigenvalue weighted by Crippen LogP contribution is 2.27. The molecule has 0 saturated carbocycles. The minimum absolute atomic E-state index is 0.124. The van der Waals surface area contributed by atoms with Gasteiger partial charge in [-0.25, -0.2) is 13.4 Å². The molecule has 1 fully saturated rings. The van der Waals surface area contributed by atoms with E-state index >= 15 is 0 Å². The number of rotatable bonds is 7. The second kappa shape index (κ2) is 10.7. The summed E-state index contributed by atoms with van der Waals surface area (Å²) < 4.78 is 27.5. The van der Waals surface area contributed by atoms with Gasteiger partial charge >= 0.3 is 0 Å². The number of anilines is 1. The summed E-state index contributed by atoms with van der Waals surface area (Å²) in [5.41, 5.74) is 1.49. The van der Waals surface area contributed by atoms with Crippen molar-refractivity contribution in [2.24, 2.45) is 0 Å². The molecule has 1 atom stereocenters. The maximum absolute atomic E-state index is 13.0. The average molecular weight is 484 g/mol. The monoisotopic (exact) mass is 483 g/mol. The van der Waals surface area contributed by atoms with E-state index in [9.17, 15) is 13.2 Å². The van der Waals surface area contributed by atoms with Gasteiger partial charge in [-0.15, -0.1) is 0 Å². The Morgan fingerprint density at radius 1 is 1.00 bits per heavy atom. The Hall–Kier alpha value is -2.42. The molecule has 4 rings (SSSR count). The van der Waals surface area contributed by atoms with E-state index in [1.54, 1.807) is 28.6 Å². The third kappa shape index (κ3) is 5.75. The highest BCUT2D eigenvalue weighted by Gasteiger charge is 2.25. The van der Waals surface area contributed by atoms with Crippen LogP contribution in [0.5, 0.6) is 0 Å². The smallest absolute Gasteiger partial charge is 0.243 e. The molecule has 2 heterocycles. The van der Waals surface area contributed by atoms with Crippen LogP contribution in [0.2, 0.25) is 0 Å². The SMILES string of the molecule is CCC(Sc1ccc2ccccc2n1)C(=O)Nc1ccc(S(=O)(=O)N2CCCCCC2)cc1. The largest absolute Gasteiger partial charge is 0.325 e. The number of hydrogen-bond donors (Lipinski definition) is 1. The second-order valence-corrected chi connectivity index (χ2v) is 11.3. The molecular formula is C25H29N3O3S2. The molecule has 0 bridgehead atoms. The summed E-state index contributed by atoms with van der Waals surface area (Å²) in [6.45, 7) is 3.10. The van der Waals surface area contributed by atoms with Crippen LogP contribution in [0.1, 0.15) is 39.0 Å². The molecular weight excluding hydrogens is 454 g/mol. The summed E-state index contributed by atoms with van der Waals surface area (Å²) in [6, 6.07) is 18.3. The van der Waals surface area contributed by atoms with Crippen molar-refractivity contribution in [3.63, 3.8) is 0 Å². The lowest BCUT2D eigenvalue weighted by Gasteiger charge is -2.20. The number of amides is 1. The van der Waals surface area contributed by atoms with Crippen LogP contribution in [0.4, 0.5) is 5.69 Å². The Morgan fingerprint density at radius 2 is 1.70 bits per heavy atom. The van der Waals surface area contributed by atoms with Crippen molar-refractivity contribution in [1.82, 2.24) is 9.29 Å². The second-order valence-electron chi connectivity index (χ2n) is 8.19. The van der Waals surface area contributed by atoms with E-state index in [1.807, 2.05) is 43.3 Å². The Balaban J connectivity index is 1.42. The average Bonchev–Trinajstić information content (AvgIpc) is 3.13. The van der Waals surface area contributed by atoms with Crippen molar-refractivity contribution in [1.29, 1.82) is 0 Å². The predicted octanol–water partition coefficient (Wildman–Crippen LogP) is 5.31. The summed E-state index contributed by atoms with van der Waals surface area (Å²) >= 11 is 1.43. The van der Waals surface area contributed by atoms with Gasteiger partial charge < -0.3 is 5.32 Å². The number of fused-ring (bicyclic) bond motifs is 1. The van der Waals surface area contributed by atoms with Crippen molar-refractivity contribution in [3.05, 3.63) is 60.7 Å². The fourth-order valence-corrected chi connectivity index (χ4v) is 6.38. The van der Waals surface area contributed by atoms with E-state index < -0.39 is 10.0 Å². The van der Waals surface area contributed by atoms with Gasteiger partial charge in [0.2, 0.25) is 15.9 Å². The van der Waals surface area contributed by atoms with Gasteiger partial charge in [0.1, 0.15) is 0 Å². The van der Waals surface area contributed by atoms with Crippen molar-refractivity contribution in [2.45, 2.75) is 54.2 Å². The molecule has 1 aromatic heterocycles. The van der Waals surface area contributed by atoms with Crippen LogP contribution in [0.3, 0.4) is 0 Å². The number of sulfonamides is 1. The zero-order chi connectivity index (χ0) is 23.3. The standard InChI is InChI=1S/C25H29N3O3S2/c1-2-23(32-24-16-11-19-9-5-6-10-22(19)27-24)25(29)26-20-12-14-21(15-13-20)33(30,31)28-17-7-3-4-8-18-28/h5-6,9-16,23H,2-4,7-8,17-18H2,1H3,(H,26,29). The first-order valence-corrected chi connectivity index (χ1v) is 13.7. The Bertz CT molecular complexity index is 1210. The summed E-state index contributed by atoms with van der Waals surface area (Å²) in [4.78, 5) is 17.8. The first-order valence-electron chi connectivity index (χ1n) is 11.4. The van der Waals surface area contributed by atoms with Gasteiger partial charge in [0.05, 0.1) is 20.7 Å². The molecule has 1 aliphatic rings. The lowest BCUT2D eigenvalue weighted by molar-refractivity contribution is -0.115. The number of carbonyl (C=O) groups excluding carboxylic acids is 1. The van der Waals surface area contributed by atoms with E-state index in [0.29, 0.717) is 25.2 Å². The third-order valence-corrected chi connectivity index (χ3v) is 9.04. The lowest BCUT2D eigenvalue weighted by atomic mass is 10.2. The highest BCUT2D eigenvalue weighted by atomic mass is 32.2. The van der Waals surface area contributed by atoms with Crippen LogP contribution in [-0.2, 0) is 14.8 Å². The van der Waals surface area contributed by atoms with Gasteiger partial charge in [-0.1, -0.05) is 55.8 Å². The number of carbonyl (C=O) groups is 1. The van der Waals surface area contributed by atoms with E-state index in [0.717, 1.165) is 41.6 Å². The van der Waals surface area contributed by atoms with Crippen molar-refractivity contribution in [3.8, 4) is 0 Å². The molecule has 0 aliphatic carbocycles. The number of nitrogens with zero attached hydrogens (tertiary/aromatic N) is 2. The van der Waals surface area contributed by atoms with Gasteiger partial charge in [0.15, 0.2) is 0 Å². The number of pyridine rings is 1. The molecule has 33 heavy (non-hydrogen) atoms. The summed E-state index contributed by atoms with van der Waals surface area (Å²) in [5, 5.41) is 4.48. The Kier molecular flexibility index (Phi) is 7.67. The molecule has 0 spiro atoms. The summed E-state index contributed by atoms with van der Waals surface area (Å²) in [7, 11) is -3.50. The van der Waals surface area contributed by atoms with Crippen molar-refractivity contribution < 1.29 is 13.2 Å². The molecule has 1 saturated heterocycles. The minimum atomic E-state index is -3.50. The fourth-order valence-electron chi connectivity index (χ4n) is 3.95. The van der Waals surface area contributed by atoms with Gasteiger partial charge in [0.25, 0.3) is 0 Å². The number of nitrogens with one attached hydrogen (secondary N) is 1. The van der Waals surface area contributed by atoms with Gasteiger partial charge in [0, 0.05) is 24.2 Å². The van der Waals surface area contributed by atoms with Crippen LogP contribution in [0, 0.1) is 0 Å². The molecule has 1 aliphatic heterocycles. The molecule has 3 aromatic rings. The number of aromatic nitrogens is 1. The molecule has 174 valence electrons.